The third-order valence-electron chi connectivity index (χ3n) is 2.83. The highest BCUT2D eigenvalue weighted by Crippen LogP contribution is 2.22. The monoisotopic (exact) mass is 171 g/mol. The maximum atomic E-state index is 5.66. The van der Waals surface area contributed by atoms with Crippen molar-refractivity contribution in [1.82, 2.24) is 0 Å². The Labute approximate surface area is 75.5 Å². The second-order valence-electron chi connectivity index (χ2n) is 3.83. The van der Waals surface area contributed by atoms with Gasteiger partial charge in [0.25, 0.3) is 0 Å². The van der Waals surface area contributed by atoms with Crippen LogP contribution in [0, 0.1) is 11.8 Å². The van der Waals surface area contributed by atoms with Crippen LogP contribution in [0.25, 0.3) is 0 Å². The molecule has 0 aromatic carbocycles. The van der Waals surface area contributed by atoms with Crippen molar-refractivity contribution >= 4 is 0 Å². The summed E-state index contributed by atoms with van der Waals surface area (Å²) < 4.78 is 5.43. The average Bonchev–Trinajstić information content (AvgIpc) is 2.16. The largest absolute Gasteiger partial charge is 0.381 e. The highest BCUT2D eigenvalue weighted by atomic mass is 16.5. The Kier molecular flexibility index (Phi) is 4.62. The van der Waals surface area contributed by atoms with E-state index >= 15 is 0 Å². The van der Waals surface area contributed by atoms with Gasteiger partial charge in [-0.05, 0) is 37.6 Å². The van der Waals surface area contributed by atoms with Gasteiger partial charge in [-0.3, -0.25) is 0 Å². The Bertz CT molecular complexity index is 106. The fourth-order valence-electron chi connectivity index (χ4n) is 1.89. The van der Waals surface area contributed by atoms with Gasteiger partial charge in [-0.1, -0.05) is 13.3 Å². The molecular formula is C10H21NO. The van der Waals surface area contributed by atoms with Crippen molar-refractivity contribution < 1.29 is 4.74 Å². The Balaban J connectivity index is 2.18. The first-order chi connectivity index (χ1) is 5.86. The van der Waals surface area contributed by atoms with E-state index in [1.54, 1.807) is 0 Å². The molecule has 2 atom stereocenters. The molecule has 2 nitrogen and oxygen atoms in total. The summed E-state index contributed by atoms with van der Waals surface area (Å²) in [5.41, 5.74) is 5.66. The number of hydrogen-bond acceptors (Lipinski definition) is 2. The summed E-state index contributed by atoms with van der Waals surface area (Å²) in [6.07, 6.45) is 5.07. The quantitative estimate of drug-likeness (QED) is 0.700. The van der Waals surface area contributed by atoms with E-state index in [0.29, 0.717) is 0 Å². The van der Waals surface area contributed by atoms with E-state index in [-0.39, 0.29) is 0 Å². The number of nitrogens with two attached hydrogens (primary N) is 1. The first-order valence-corrected chi connectivity index (χ1v) is 5.14. The van der Waals surface area contributed by atoms with E-state index in [0.717, 1.165) is 31.6 Å². The molecule has 1 saturated heterocycles. The summed E-state index contributed by atoms with van der Waals surface area (Å²) >= 11 is 0. The molecule has 1 aliphatic rings. The van der Waals surface area contributed by atoms with Crippen LogP contribution in [0.5, 0.6) is 0 Å². The lowest BCUT2D eigenvalue weighted by Crippen LogP contribution is -2.23. The average molecular weight is 171 g/mol. The van der Waals surface area contributed by atoms with Crippen LogP contribution in [-0.4, -0.2) is 19.8 Å². The fraction of sp³-hybridized carbons (Fsp3) is 1.00. The van der Waals surface area contributed by atoms with E-state index in [1.165, 1.54) is 25.7 Å². The molecule has 1 unspecified atom stereocenters. The number of hydrogen-bond donors (Lipinski definition) is 1. The van der Waals surface area contributed by atoms with Crippen LogP contribution in [0.15, 0.2) is 0 Å². The van der Waals surface area contributed by atoms with Crippen LogP contribution in [0.1, 0.15) is 32.6 Å². The molecule has 1 fully saturated rings. The number of ether oxygens (including phenoxy) is 1. The van der Waals surface area contributed by atoms with Crippen LogP contribution in [0.2, 0.25) is 0 Å². The first kappa shape index (κ1) is 10.0. The molecule has 0 aromatic rings. The van der Waals surface area contributed by atoms with Gasteiger partial charge in [-0.25, -0.2) is 0 Å². The van der Waals surface area contributed by atoms with Crippen LogP contribution in [0.3, 0.4) is 0 Å². The van der Waals surface area contributed by atoms with Crippen molar-refractivity contribution in [3.05, 3.63) is 0 Å². The van der Waals surface area contributed by atoms with Crippen LogP contribution >= 0.6 is 0 Å². The molecule has 0 amide bonds. The van der Waals surface area contributed by atoms with Gasteiger partial charge in [0.2, 0.25) is 0 Å². The summed E-state index contributed by atoms with van der Waals surface area (Å²) in [5.74, 6) is 1.50. The van der Waals surface area contributed by atoms with Gasteiger partial charge in [0.1, 0.15) is 0 Å². The van der Waals surface area contributed by atoms with Gasteiger partial charge in [0.15, 0.2) is 0 Å². The maximum Gasteiger partial charge on any atom is 0.0494 e. The first-order valence-electron chi connectivity index (χ1n) is 5.14. The van der Waals surface area contributed by atoms with Crippen molar-refractivity contribution in [3.63, 3.8) is 0 Å². The Hall–Kier alpha value is -0.0800. The lowest BCUT2D eigenvalue weighted by Gasteiger charge is -2.25. The summed E-state index contributed by atoms with van der Waals surface area (Å²) in [6.45, 7) is 5.00. The van der Waals surface area contributed by atoms with Crippen molar-refractivity contribution in [1.29, 1.82) is 0 Å². The van der Waals surface area contributed by atoms with Crippen LogP contribution in [-0.2, 0) is 4.74 Å². The van der Waals surface area contributed by atoms with Crippen molar-refractivity contribution in [3.8, 4) is 0 Å². The van der Waals surface area contributed by atoms with Crippen molar-refractivity contribution in [2.24, 2.45) is 17.6 Å². The summed E-state index contributed by atoms with van der Waals surface area (Å²) in [5, 5.41) is 0. The molecule has 0 aliphatic carbocycles. The fourth-order valence-corrected chi connectivity index (χ4v) is 1.89. The molecule has 0 radical (unpaired) electrons. The molecule has 1 rings (SSSR count). The van der Waals surface area contributed by atoms with E-state index in [4.69, 9.17) is 10.5 Å². The topological polar surface area (TPSA) is 35.2 Å². The minimum Gasteiger partial charge on any atom is -0.381 e. The Morgan fingerprint density at radius 2 is 2.42 bits per heavy atom. The van der Waals surface area contributed by atoms with Gasteiger partial charge in [0.05, 0.1) is 0 Å². The van der Waals surface area contributed by atoms with Gasteiger partial charge in [-0.15, -0.1) is 0 Å². The highest BCUT2D eigenvalue weighted by molar-refractivity contribution is 4.68. The Morgan fingerprint density at radius 1 is 1.58 bits per heavy atom. The van der Waals surface area contributed by atoms with Gasteiger partial charge >= 0.3 is 0 Å². The van der Waals surface area contributed by atoms with Crippen LogP contribution in [0.4, 0.5) is 0 Å². The second kappa shape index (κ2) is 5.55. The molecular weight excluding hydrogens is 150 g/mol. The minimum absolute atomic E-state index is 0.719. The summed E-state index contributed by atoms with van der Waals surface area (Å²) in [7, 11) is 0. The van der Waals surface area contributed by atoms with Crippen molar-refractivity contribution in [2.75, 3.05) is 19.8 Å². The molecule has 2 heteroatoms. The summed E-state index contributed by atoms with van der Waals surface area (Å²) in [6, 6.07) is 0. The third kappa shape index (κ3) is 3.11. The standard InChI is InChI=1S/C10H21NO/c1-2-9(7-11)6-10-4-3-5-12-8-10/h9-10H,2-8,11H2,1H3/t9?,10-/m1/s1. The Morgan fingerprint density at radius 3 is 2.92 bits per heavy atom. The molecule has 1 heterocycles. The predicted octanol–water partition coefficient (Wildman–Crippen LogP) is 1.79. The zero-order valence-corrected chi connectivity index (χ0v) is 8.09. The van der Waals surface area contributed by atoms with E-state index in [9.17, 15) is 0 Å². The zero-order chi connectivity index (χ0) is 8.81. The molecule has 0 aromatic heterocycles. The second-order valence-corrected chi connectivity index (χ2v) is 3.83. The highest BCUT2D eigenvalue weighted by Gasteiger charge is 2.17. The van der Waals surface area contributed by atoms with Gasteiger partial charge in [-0.2, -0.15) is 0 Å². The zero-order valence-electron chi connectivity index (χ0n) is 8.09. The molecule has 0 spiro atoms. The van der Waals surface area contributed by atoms with Gasteiger partial charge < -0.3 is 10.5 Å². The minimum atomic E-state index is 0.719. The SMILES string of the molecule is CCC(CN)C[C@H]1CCCOC1. The smallest absolute Gasteiger partial charge is 0.0494 e. The predicted molar refractivity (Wildman–Crippen MR) is 51.0 cm³/mol. The van der Waals surface area contributed by atoms with E-state index in [2.05, 4.69) is 6.92 Å². The molecule has 0 bridgehead atoms. The van der Waals surface area contributed by atoms with Crippen molar-refractivity contribution in [2.45, 2.75) is 32.6 Å². The molecule has 72 valence electrons. The maximum absolute atomic E-state index is 5.66. The molecule has 0 saturated carbocycles. The third-order valence-corrected chi connectivity index (χ3v) is 2.83. The molecule has 2 N–H and O–H groups in total. The normalized spacial score (nSPS) is 27.0. The van der Waals surface area contributed by atoms with E-state index < -0.39 is 0 Å². The van der Waals surface area contributed by atoms with Crippen LogP contribution < -0.4 is 5.73 Å². The molecule has 12 heavy (non-hydrogen) atoms. The lowest BCUT2D eigenvalue weighted by atomic mass is 9.89. The lowest BCUT2D eigenvalue weighted by molar-refractivity contribution is 0.0453. The van der Waals surface area contributed by atoms with Gasteiger partial charge in [0, 0.05) is 13.2 Å². The summed E-state index contributed by atoms with van der Waals surface area (Å²) in [4.78, 5) is 0. The molecule has 1 aliphatic heterocycles. The van der Waals surface area contributed by atoms with E-state index in [1.807, 2.05) is 0 Å². The number of rotatable bonds is 4.